The van der Waals surface area contributed by atoms with Crippen LogP contribution < -0.4 is 15.0 Å². The number of benzene rings is 1. The van der Waals surface area contributed by atoms with Crippen LogP contribution in [0.15, 0.2) is 24.3 Å². The lowest BCUT2D eigenvalue weighted by atomic mass is 9.92. The molecule has 2 unspecified atom stereocenters. The maximum absolute atomic E-state index is 12.9. The van der Waals surface area contributed by atoms with Gasteiger partial charge >= 0.3 is 0 Å². The summed E-state index contributed by atoms with van der Waals surface area (Å²) in [6.45, 7) is 8.73. The number of nitrogens with one attached hydrogen (secondary N) is 1. The third-order valence-corrected chi connectivity index (χ3v) is 6.46. The Labute approximate surface area is 179 Å². The molecule has 0 bridgehead atoms. The van der Waals surface area contributed by atoms with Gasteiger partial charge in [-0.1, -0.05) is 38.8 Å². The molecule has 0 spiro atoms. The van der Waals surface area contributed by atoms with E-state index in [9.17, 15) is 9.59 Å². The average molecular weight is 418 g/mol. The van der Waals surface area contributed by atoms with Gasteiger partial charge in [-0.3, -0.25) is 14.5 Å². The fraction of sp³-hybridized carbons (Fsp3) is 0.652. The lowest BCUT2D eigenvalue weighted by molar-refractivity contribution is -0.126. The predicted octanol–water partition coefficient (Wildman–Crippen LogP) is 2.30. The molecule has 166 valence electrons. The van der Waals surface area contributed by atoms with Crippen LogP contribution in [0.25, 0.3) is 0 Å². The molecule has 2 aliphatic heterocycles. The van der Waals surface area contributed by atoms with Crippen LogP contribution in [0.5, 0.6) is 5.75 Å². The van der Waals surface area contributed by atoms with E-state index >= 15 is 0 Å². The number of morpholine rings is 1. The zero-order valence-corrected chi connectivity index (χ0v) is 18.4. The Kier molecular flexibility index (Phi) is 8.10. The molecule has 2 aliphatic rings. The number of methoxy groups -OCH3 is 1. The highest BCUT2D eigenvalue weighted by atomic mass is 16.5. The first-order valence-corrected chi connectivity index (χ1v) is 11.1. The van der Waals surface area contributed by atoms with Crippen molar-refractivity contribution in [2.24, 2.45) is 11.8 Å². The second kappa shape index (κ2) is 10.8. The maximum atomic E-state index is 12.9. The second-order valence-corrected chi connectivity index (χ2v) is 8.11. The molecule has 1 aromatic carbocycles. The molecule has 1 aromatic rings. The van der Waals surface area contributed by atoms with Gasteiger partial charge < -0.3 is 19.7 Å². The number of nitrogens with zero attached hydrogens (tertiary/aromatic N) is 2. The Bertz CT molecular complexity index is 716. The highest BCUT2D eigenvalue weighted by Crippen LogP contribution is 2.32. The second-order valence-electron chi connectivity index (χ2n) is 8.11. The van der Waals surface area contributed by atoms with Crippen molar-refractivity contribution >= 4 is 17.5 Å². The monoisotopic (exact) mass is 417 g/mol. The third kappa shape index (κ3) is 5.13. The van der Waals surface area contributed by atoms with E-state index in [-0.39, 0.29) is 24.2 Å². The van der Waals surface area contributed by atoms with Crippen molar-refractivity contribution in [3.05, 3.63) is 24.3 Å². The molecule has 0 aliphatic carbocycles. The minimum atomic E-state index is -0.338. The number of amides is 2. The van der Waals surface area contributed by atoms with E-state index in [4.69, 9.17) is 9.47 Å². The van der Waals surface area contributed by atoms with Crippen LogP contribution in [0.2, 0.25) is 0 Å². The SMILES string of the molecule is CCC(CC)C(CNC(=O)C1CC(=O)N(c2ccccc2OC)C1)N1CCOCC1. The minimum Gasteiger partial charge on any atom is -0.495 e. The maximum Gasteiger partial charge on any atom is 0.227 e. The van der Waals surface area contributed by atoms with Crippen molar-refractivity contribution in [1.29, 1.82) is 0 Å². The van der Waals surface area contributed by atoms with E-state index in [1.165, 1.54) is 0 Å². The predicted molar refractivity (Wildman–Crippen MR) is 117 cm³/mol. The van der Waals surface area contributed by atoms with Crippen LogP contribution in [0.4, 0.5) is 5.69 Å². The number of para-hydroxylation sites is 2. The highest BCUT2D eigenvalue weighted by molar-refractivity contribution is 6.01. The van der Waals surface area contributed by atoms with Crippen LogP contribution in [0.1, 0.15) is 33.1 Å². The number of anilines is 1. The molecule has 2 amide bonds. The fourth-order valence-electron chi connectivity index (χ4n) is 4.65. The van der Waals surface area contributed by atoms with E-state index in [2.05, 4.69) is 24.1 Å². The molecule has 2 saturated heterocycles. The zero-order valence-electron chi connectivity index (χ0n) is 18.4. The summed E-state index contributed by atoms with van der Waals surface area (Å²) < 4.78 is 10.9. The van der Waals surface area contributed by atoms with E-state index in [1.807, 2.05) is 24.3 Å². The first-order valence-electron chi connectivity index (χ1n) is 11.1. The van der Waals surface area contributed by atoms with Crippen molar-refractivity contribution < 1.29 is 19.1 Å². The van der Waals surface area contributed by atoms with Crippen molar-refractivity contribution in [1.82, 2.24) is 10.2 Å². The quantitative estimate of drug-likeness (QED) is 0.668. The summed E-state index contributed by atoms with van der Waals surface area (Å²) in [4.78, 5) is 29.7. The molecular weight excluding hydrogens is 382 g/mol. The molecule has 7 nitrogen and oxygen atoms in total. The molecular formula is C23H35N3O4. The van der Waals surface area contributed by atoms with E-state index in [0.717, 1.165) is 44.8 Å². The van der Waals surface area contributed by atoms with Crippen LogP contribution in [0, 0.1) is 11.8 Å². The Morgan fingerprint density at radius 3 is 2.60 bits per heavy atom. The van der Waals surface area contributed by atoms with Gasteiger partial charge in [-0.05, 0) is 18.1 Å². The molecule has 3 rings (SSSR count). The van der Waals surface area contributed by atoms with E-state index in [0.29, 0.717) is 30.8 Å². The highest BCUT2D eigenvalue weighted by Gasteiger charge is 2.37. The Balaban J connectivity index is 1.62. The molecule has 1 N–H and O–H groups in total. The Morgan fingerprint density at radius 2 is 1.93 bits per heavy atom. The van der Waals surface area contributed by atoms with Gasteiger partial charge in [-0.2, -0.15) is 0 Å². The van der Waals surface area contributed by atoms with Gasteiger partial charge in [0.15, 0.2) is 0 Å². The first-order chi connectivity index (χ1) is 14.6. The van der Waals surface area contributed by atoms with Crippen molar-refractivity contribution in [2.75, 3.05) is 51.4 Å². The van der Waals surface area contributed by atoms with Gasteiger partial charge in [-0.15, -0.1) is 0 Å². The Hall–Kier alpha value is -2.12. The number of carbonyl (C=O) groups excluding carboxylic acids is 2. The molecule has 7 heteroatoms. The minimum absolute atomic E-state index is 0.0371. The molecule has 2 fully saturated rings. The van der Waals surface area contributed by atoms with Gasteiger partial charge in [0.25, 0.3) is 0 Å². The zero-order chi connectivity index (χ0) is 21.5. The summed E-state index contributed by atoms with van der Waals surface area (Å²) in [7, 11) is 1.59. The number of carbonyl (C=O) groups is 2. The molecule has 0 radical (unpaired) electrons. The largest absolute Gasteiger partial charge is 0.495 e. The standard InChI is InChI=1S/C23H35N3O4/c1-4-17(5-2)20(25-10-12-30-13-11-25)15-24-23(28)18-14-22(27)26(16-18)19-8-6-7-9-21(19)29-3/h6-9,17-18,20H,4-5,10-16H2,1-3H3,(H,24,28). The summed E-state index contributed by atoms with van der Waals surface area (Å²) in [5, 5.41) is 3.16. The number of hydrogen-bond acceptors (Lipinski definition) is 5. The molecule has 2 atom stereocenters. The average Bonchev–Trinajstić information content (AvgIpc) is 3.18. The first kappa shape index (κ1) is 22.6. The normalized spacial score (nSPS) is 21.1. The Morgan fingerprint density at radius 1 is 1.23 bits per heavy atom. The summed E-state index contributed by atoms with van der Waals surface area (Å²) in [5.74, 6) is 0.760. The summed E-state index contributed by atoms with van der Waals surface area (Å²) in [6, 6.07) is 7.74. The van der Waals surface area contributed by atoms with Crippen LogP contribution >= 0.6 is 0 Å². The van der Waals surface area contributed by atoms with Crippen molar-refractivity contribution in [3.63, 3.8) is 0 Å². The van der Waals surface area contributed by atoms with Gasteiger partial charge in [0.05, 0.1) is 31.9 Å². The smallest absolute Gasteiger partial charge is 0.227 e. The molecule has 30 heavy (non-hydrogen) atoms. The van der Waals surface area contributed by atoms with Crippen molar-refractivity contribution in [3.8, 4) is 5.75 Å². The number of hydrogen-bond donors (Lipinski definition) is 1. The number of rotatable bonds is 9. The number of ether oxygens (including phenoxy) is 2. The topological polar surface area (TPSA) is 71.1 Å². The lowest BCUT2D eigenvalue weighted by Gasteiger charge is -2.39. The van der Waals surface area contributed by atoms with Crippen LogP contribution in [-0.4, -0.2) is 69.3 Å². The molecule has 0 saturated carbocycles. The molecule has 2 heterocycles. The fourth-order valence-corrected chi connectivity index (χ4v) is 4.65. The van der Waals surface area contributed by atoms with E-state index in [1.54, 1.807) is 12.0 Å². The third-order valence-electron chi connectivity index (χ3n) is 6.46. The lowest BCUT2D eigenvalue weighted by Crippen LogP contribution is -2.52. The summed E-state index contributed by atoms with van der Waals surface area (Å²) in [6.07, 6.45) is 2.40. The van der Waals surface area contributed by atoms with Gasteiger partial charge in [0, 0.05) is 38.6 Å². The van der Waals surface area contributed by atoms with Crippen LogP contribution in [0.3, 0.4) is 0 Å². The summed E-state index contributed by atoms with van der Waals surface area (Å²) in [5.41, 5.74) is 0.725. The molecule has 0 aromatic heterocycles. The van der Waals surface area contributed by atoms with Gasteiger partial charge in [0.2, 0.25) is 11.8 Å². The van der Waals surface area contributed by atoms with Crippen molar-refractivity contribution in [2.45, 2.75) is 39.2 Å². The van der Waals surface area contributed by atoms with E-state index < -0.39 is 0 Å². The van der Waals surface area contributed by atoms with Gasteiger partial charge in [0.1, 0.15) is 5.75 Å². The van der Waals surface area contributed by atoms with Gasteiger partial charge in [-0.25, -0.2) is 0 Å². The van der Waals surface area contributed by atoms with Crippen LogP contribution in [-0.2, 0) is 14.3 Å². The summed E-state index contributed by atoms with van der Waals surface area (Å²) >= 11 is 0.